The third kappa shape index (κ3) is 3.08. The molecule has 114 valence electrons. The topological polar surface area (TPSA) is 146 Å². The van der Waals surface area contributed by atoms with Gasteiger partial charge in [0.15, 0.2) is 4.90 Å². The van der Waals surface area contributed by atoms with Crippen LogP contribution in [0.4, 0.5) is 0 Å². The number of sulfonamides is 1. The second kappa shape index (κ2) is 5.26. The van der Waals surface area contributed by atoms with E-state index in [1.807, 2.05) is 18.8 Å². The van der Waals surface area contributed by atoms with Gasteiger partial charge in [-0.05, 0) is 13.8 Å². The quantitative estimate of drug-likeness (QED) is 0.695. The average molecular weight is 314 g/mol. The van der Waals surface area contributed by atoms with Gasteiger partial charge in [-0.3, -0.25) is 14.3 Å². The van der Waals surface area contributed by atoms with Crippen molar-refractivity contribution in [3.05, 3.63) is 39.2 Å². The van der Waals surface area contributed by atoms with Gasteiger partial charge in [0.2, 0.25) is 10.0 Å². The van der Waals surface area contributed by atoms with Gasteiger partial charge in [-0.25, -0.2) is 28.0 Å². The van der Waals surface area contributed by atoms with Gasteiger partial charge in [0, 0.05) is 12.2 Å². The van der Waals surface area contributed by atoms with Gasteiger partial charge in [0.1, 0.15) is 12.2 Å². The average Bonchev–Trinajstić information content (AvgIpc) is 2.79. The van der Waals surface area contributed by atoms with E-state index in [1.54, 1.807) is 4.68 Å². The van der Waals surface area contributed by atoms with Crippen molar-refractivity contribution in [2.75, 3.05) is 0 Å². The Morgan fingerprint density at radius 3 is 2.62 bits per heavy atom. The molecule has 2 heterocycles. The molecule has 0 fully saturated rings. The maximum atomic E-state index is 11.7. The van der Waals surface area contributed by atoms with Crippen LogP contribution in [-0.2, 0) is 16.6 Å². The molecule has 0 aromatic carbocycles. The number of nitrogens with one attached hydrogen (secondary N) is 1. The Balaban J connectivity index is 2.53. The first-order valence-electron chi connectivity index (χ1n) is 5.95. The summed E-state index contributed by atoms with van der Waals surface area (Å²) in [6.07, 6.45) is 2.22. The van der Waals surface area contributed by atoms with Crippen molar-refractivity contribution in [3.63, 3.8) is 0 Å². The summed E-state index contributed by atoms with van der Waals surface area (Å²) in [6, 6.07) is 0.0127. The predicted molar refractivity (Wildman–Crippen MR) is 72.2 cm³/mol. The molecule has 2 rings (SSSR count). The van der Waals surface area contributed by atoms with Crippen LogP contribution in [0.15, 0.2) is 27.0 Å². The number of nitrogens with zero attached hydrogens (tertiary/aromatic N) is 4. The largest absolute Gasteiger partial charge is 0.328 e. The lowest BCUT2D eigenvalue weighted by molar-refractivity contribution is 0.491. The summed E-state index contributed by atoms with van der Waals surface area (Å²) in [5.41, 5.74) is -1.81. The fourth-order valence-corrected chi connectivity index (χ4v) is 2.36. The van der Waals surface area contributed by atoms with Crippen LogP contribution in [0.3, 0.4) is 0 Å². The molecule has 0 saturated carbocycles. The number of aromatic nitrogens is 5. The summed E-state index contributed by atoms with van der Waals surface area (Å²) in [5.74, 6) is 0.444. The summed E-state index contributed by atoms with van der Waals surface area (Å²) < 4.78 is 25.2. The minimum Gasteiger partial charge on any atom is -0.292 e. The second-order valence-corrected chi connectivity index (χ2v) is 6.17. The highest BCUT2D eigenvalue weighted by Crippen LogP contribution is 2.06. The smallest absolute Gasteiger partial charge is 0.292 e. The normalized spacial score (nSPS) is 12.0. The van der Waals surface area contributed by atoms with Crippen molar-refractivity contribution in [2.45, 2.75) is 31.3 Å². The number of hydrogen-bond donors (Lipinski definition) is 2. The van der Waals surface area contributed by atoms with Crippen LogP contribution >= 0.6 is 0 Å². The molecule has 0 unspecified atom stereocenters. The number of rotatable bonds is 4. The van der Waals surface area contributed by atoms with Crippen LogP contribution < -0.4 is 16.4 Å². The molecule has 2 aromatic rings. The zero-order valence-corrected chi connectivity index (χ0v) is 12.2. The van der Waals surface area contributed by atoms with E-state index in [-0.39, 0.29) is 12.6 Å². The fraction of sp³-hybridized carbons (Fsp3) is 0.400. The summed E-state index contributed by atoms with van der Waals surface area (Å²) in [5, 5.41) is 8.94. The maximum absolute atomic E-state index is 11.7. The summed E-state index contributed by atoms with van der Waals surface area (Å²) in [7, 11) is -4.22. The Morgan fingerprint density at radius 1 is 1.38 bits per heavy atom. The third-order valence-corrected chi connectivity index (χ3v) is 3.64. The highest BCUT2D eigenvalue weighted by Gasteiger charge is 2.17. The molecular formula is C10H14N6O4S. The van der Waals surface area contributed by atoms with Crippen LogP contribution in [0.1, 0.15) is 25.7 Å². The van der Waals surface area contributed by atoms with Crippen molar-refractivity contribution in [3.8, 4) is 0 Å². The van der Waals surface area contributed by atoms with E-state index in [0.717, 1.165) is 10.8 Å². The Bertz CT molecular complexity index is 875. The van der Waals surface area contributed by atoms with E-state index in [9.17, 15) is 18.0 Å². The van der Waals surface area contributed by atoms with Crippen molar-refractivity contribution in [1.82, 2.24) is 24.3 Å². The van der Waals surface area contributed by atoms with Crippen LogP contribution in [0.25, 0.3) is 0 Å². The standard InChI is InChI=1S/C10H14N6O4S/c1-6(2)16-8(12-5-13-16)4-15-3-7(21(11,19)20)9(17)14-10(15)18/h3,5-6H,4H2,1-2H3,(H2,11,19,20)(H,14,17,18). The molecule has 0 amide bonds. The first-order valence-corrected chi connectivity index (χ1v) is 7.49. The molecule has 0 aliphatic rings. The Morgan fingerprint density at radius 2 is 2.05 bits per heavy atom. The van der Waals surface area contributed by atoms with Crippen molar-refractivity contribution in [1.29, 1.82) is 0 Å². The highest BCUT2D eigenvalue weighted by molar-refractivity contribution is 7.89. The van der Waals surface area contributed by atoms with Gasteiger partial charge in [-0.15, -0.1) is 0 Å². The molecular weight excluding hydrogens is 300 g/mol. The molecule has 0 saturated heterocycles. The monoisotopic (exact) mass is 314 g/mol. The number of hydrogen-bond acceptors (Lipinski definition) is 6. The predicted octanol–water partition coefficient (Wildman–Crippen LogP) is -1.60. The molecule has 0 bridgehead atoms. The van der Waals surface area contributed by atoms with Crippen molar-refractivity contribution < 1.29 is 8.42 Å². The number of H-pyrrole nitrogens is 1. The molecule has 0 atom stereocenters. The fourth-order valence-electron chi connectivity index (χ4n) is 1.78. The van der Waals surface area contributed by atoms with Crippen LogP contribution in [0.2, 0.25) is 0 Å². The second-order valence-electron chi connectivity index (χ2n) is 4.64. The SMILES string of the molecule is CC(C)n1ncnc1Cn1cc(S(N)(=O)=O)c(=O)[nH]c1=O. The molecule has 0 aliphatic carbocycles. The lowest BCUT2D eigenvalue weighted by atomic mass is 10.4. The molecule has 21 heavy (non-hydrogen) atoms. The zero-order valence-electron chi connectivity index (χ0n) is 11.3. The summed E-state index contributed by atoms with van der Waals surface area (Å²) in [4.78, 5) is 28.4. The van der Waals surface area contributed by atoms with Gasteiger partial charge in [-0.1, -0.05) is 0 Å². The van der Waals surface area contributed by atoms with Gasteiger partial charge < -0.3 is 0 Å². The van der Waals surface area contributed by atoms with Crippen LogP contribution in [-0.4, -0.2) is 32.7 Å². The molecule has 11 heteroatoms. The Kier molecular flexibility index (Phi) is 3.78. The van der Waals surface area contributed by atoms with E-state index < -0.39 is 26.2 Å². The minimum absolute atomic E-state index is 0.0127. The maximum Gasteiger partial charge on any atom is 0.328 e. The minimum atomic E-state index is -4.22. The molecule has 0 radical (unpaired) electrons. The van der Waals surface area contributed by atoms with Crippen LogP contribution in [0.5, 0.6) is 0 Å². The Hall–Kier alpha value is -2.27. The van der Waals surface area contributed by atoms with Crippen molar-refractivity contribution in [2.24, 2.45) is 5.14 Å². The van der Waals surface area contributed by atoms with E-state index in [2.05, 4.69) is 10.1 Å². The van der Waals surface area contributed by atoms with E-state index in [1.165, 1.54) is 6.33 Å². The molecule has 10 nitrogen and oxygen atoms in total. The van der Waals surface area contributed by atoms with E-state index in [4.69, 9.17) is 5.14 Å². The lowest BCUT2D eigenvalue weighted by Gasteiger charge is -2.10. The molecule has 3 N–H and O–H groups in total. The zero-order chi connectivity index (χ0) is 15.8. The number of nitrogens with two attached hydrogens (primary N) is 1. The van der Waals surface area contributed by atoms with Crippen LogP contribution in [0, 0.1) is 0 Å². The third-order valence-electron chi connectivity index (χ3n) is 2.73. The summed E-state index contributed by atoms with van der Waals surface area (Å²) in [6.45, 7) is 3.71. The van der Waals surface area contributed by atoms with Gasteiger partial charge in [0.25, 0.3) is 5.56 Å². The van der Waals surface area contributed by atoms with Crippen molar-refractivity contribution >= 4 is 10.0 Å². The molecule has 2 aromatic heterocycles. The first-order chi connectivity index (χ1) is 9.70. The number of aromatic amines is 1. The van der Waals surface area contributed by atoms with E-state index >= 15 is 0 Å². The first kappa shape index (κ1) is 15.1. The Labute approximate surface area is 119 Å². The van der Waals surface area contributed by atoms with Gasteiger partial charge in [-0.2, -0.15) is 5.10 Å². The number of primary sulfonamides is 1. The lowest BCUT2D eigenvalue weighted by Crippen LogP contribution is -2.35. The molecule has 0 aliphatic heterocycles. The van der Waals surface area contributed by atoms with E-state index in [0.29, 0.717) is 5.82 Å². The molecule has 0 spiro atoms. The van der Waals surface area contributed by atoms with Gasteiger partial charge >= 0.3 is 5.69 Å². The highest BCUT2D eigenvalue weighted by atomic mass is 32.2. The van der Waals surface area contributed by atoms with Gasteiger partial charge in [0.05, 0.1) is 6.54 Å². The summed E-state index contributed by atoms with van der Waals surface area (Å²) >= 11 is 0.